The second-order valence-electron chi connectivity index (χ2n) is 6.10. The molecule has 0 aliphatic rings. The average molecular weight is 471 g/mol. The number of hydrogen-bond donors (Lipinski definition) is 1. The van der Waals surface area contributed by atoms with Gasteiger partial charge in [0.15, 0.2) is 5.96 Å². The normalized spacial score (nSPS) is 11.0. The average Bonchev–Trinajstić information content (AvgIpc) is 3.01. The second-order valence-corrected chi connectivity index (χ2v) is 6.10. The minimum Gasteiger partial charge on any atom is -0.492 e. The quantitative estimate of drug-likeness (QED) is 0.365. The Labute approximate surface area is 173 Å². The number of likely N-dealkylation sites (N-methyl/N-ethyl adjacent to an activating group) is 1. The molecular formula is C19H30IN5O. The van der Waals surface area contributed by atoms with Crippen molar-refractivity contribution in [2.75, 3.05) is 33.3 Å². The number of ether oxygens (including phenoxy) is 1. The summed E-state index contributed by atoms with van der Waals surface area (Å²) in [6.45, 7) is 9.86. The van der Waals surface area contributed by atoms with Gasteiger partial charge in [-0.15, -0.1) is 24.0 Å². The summed E-state index contributed by atoms with van der Waals surface area (Å²) in [6, 6.07) is 8.12. The van der Waals surface area contributed by atoms with Crippen LogP contribution in [0.25, 0.3) is 0 Å². The SMILES string of the molecule is CCNC(=NCCn1cc(C)cn1)N(C)CCOc1ccc(C)cc1.I. The highest BCUT2D eigenvalue weighted by Crippen LogP contribution is 2.11. The molecule has 2 aromatic rings. The first-order valence-corrected chi connectivity index (χ1v) is 8.76. The summed E-state index contributed by atoms with van der Waals surface area (Å²) in [4.78, 5) is 6.76. The van der Waals surface area contributed by atoms with E-state index in [0.29, 0.717) is 13.2 Å². The van der Waals surface area contributed by atoms with E-state index in [4.69, 9.17) is 4.74 Å². The number of aliphatic imine (C=N–C) groups is 1. The summed E-state index contributed by atoms with van der Waals surface area (Å²) in [5.74, 6) is 1.79. The molecule has 0 saturated carbocycles. The van der Waals surface area contributed by atoms with Crippen LogP contribution in [-0.4, -0.2) is 53.9 Å². The standard InChI is InChI=1S/C19H29N5O.HI/c1-5-20-19(21-10-11-24-15-17(3)14-22-24)23(4)12-13-25-18-8-6-16(2)7-9-18;/h6-9,14-15H,5,10-13H2,1-4H3,(H,20,21);1H. The van der Waals surface area contributed by atoms with E-state index in [9.17, 15) is 0 Å². The van der Waals surface area contributed by atoms with Crippen molar-refractivity contribution in [3.8, 4) is 5.75 Å². The molecule has 26 heavy (non-hydrogen) atoms. The first kappa shape index (κ1) is 22.3. The largest absolute Gasteiger partial charge is 0.492 e. The first-order chi connectivity index (χ1) is 12.1. The Morgan fingerprint density at radius 3 is 2.58 bits per heavy atom. The van der Waals surface area contributed by atoms with Gasteiger partial charge in [0.05, 0.1) is 25.8 Å². The Hall–Kier alpha value is -1.77. The number of halogens is 1. The van der Waals surface area contributed by atoms with Crippen LogP contribution in [0, 0.1) is 13.8 Å². The van der Waals surface area contributed by atoms with E-state index in [2.05, 4.69) is 46.3 Å². The van der Waals surface area contributed by atoms with Crippen molar-refractivity contribution in [1.29, 1.82) is 0 Å². The van der Waals surface area contributed by atoms with Crippen LogP contribution in [0.15, 0.2) is 41.7 Å². The fourth-order valence-electron chi connectivity index (χ4n) is 2.36. The van der Waals surface area contributed by atoms with Crippen molar-refractivity contribution >= 4 is 29.9 Å². The molecule has 0 amide bonds. The minimum absolute atomic E-state index is 0. The number of nitrogens with one attached hydrogen (secondary N) is 1. The molecule has 0 bridgehead atoms. The second kappa shape index (κ2) is 11.8. The van der Waals surface area contributed by atoms with Gasteiger partial charge in [0.1, 0.15) is 12.4 Å². The molecule has 7 heteroatoms. The smallest absolute Gasteiger partial charge is 0.193 e. The van der Waals surface area contributed by atoms with Crippen molar-refractivity contribution in [2.45, 2.75) is 27.3 Å². The monoisotopic (exact) mass is 471 g/mol. The molecular weight excluding hydrogens is 441 g/mol. The summed E-state index contributed by atoms with van der Waals surface area (Å²) >= 11 is 0. The maximum atomic E-state index is 5.80. The highest BCUT2D eigenvalue weighted by Gasteiger charge is 2.05. The molecule has 2 rings (SSSR count). The van der Waals surface area contributed by atoms with Crippen LogP contribution < -0.4 is 10.1 Å². The lowest BCUT2D eigenvalue weighted by Gasteiger charge is -2.22. The fourth-order valence-corrected chi connectivity index (χ4v) is 2.36. The van der Waals surface area contributed by atoms with E-state index in [1.165, 1.54) is 11.1 Å². The molecule has 1 heterocycles. The maximum Gasteiger partial charge on any atom is 0.193 e. The van der Waals surface area contributed by atoms with Crippen LogP contribution in [0.5, 0.6) is 5.75 Å². The van der Waals surface area contributed by atoms with Crippen LogP contribution >= 0.6 is 24.0 Å². The number of aryl methyl sites for hydroxylation is 2. The van der Waals surface area contributed by atoms with E-state index in [1.807, 2.05) is 43.2 Å². The number of benzene rings is 1. The predicted molar refractivity (Wildman–Crippen MR) is 118 cm³/mol. The van der Waals surface area contributed by atoms with Gasteiger partial charge < -0.3 is 15.0 Å². The number of guanidine groups is 1. The summed E-state index contributed by atoms with van der Waals surface area (Å²) in [5.41, 5.74) is 2.40. The number of hydrogen-bond acceptors (Lipinski definition) is 3. The van der Waals surface area contributed by atoms with Gasteiger partial charge in [0.25, 0.3) is 0 Å². The molecule has 1 N–H and O–H groups in total. The topological polar surface area (TPSA) is 54.7 Å². The summed E-state index contributed by atoms with van der Waals surface area (Å²) in [5, 5.41) is 7.61. The van der Waals surface area contributed by atoms with Crippen molar-refractivity contribution in [1.82, 2.24) is 20.0 Å². The highest BCUT2D eigenvalue weighted by atomic mass is 127. The number of aromatic nitrogens is 2. The summed E-state index contributed by atoms with van der Waals surface area (Å²) < 4.78 is 7.72. The Morgan fingerprint density at radius 2 is 1.96 bits per heavy atom. The molecule has 1 aromatic carbocycles. The molecule has 0 saturated heterocycles. The molecule has 0 radical (unpaired) electrons. The molecule has 0 unspecified atom stereocenters. The molecule has 1 aromatic heterocycles. The van der Waals surface area contributed by atoms with Crippen molar-refractivity contribution in [3.05, 3.63) is 47.8 Å². The third-order valence-electron chi connectivity index (χ3n) is 3.77. The van der Waals surface area contributed by atoms with Crippen LogP contribution in [0.3, 0.4) is 0 Å². The fraction of sp³-hybridized carbons (Fsp3) is 0.474. The Kier molecular flexibility index (Phi) is 10.1. The lowest BCUT2D eigenvalue weighted by Crippen LogP contribution is -2.41. The third-order valence-corrected chi connectivity index (χ3v) is 3.77. The van der Waals surface area contributed by atoms with Crippen LogP contribution in [0.1, 0.15) is 18.1 Å². The van der Waals surface area contributed by atoms with Gasteiger partial charge in [0.2, 0.25) is 0 Å². The number of nitrogens with zero attached hydrogens (tertiary/aromatic N) is 4. The zero-order valence-corrected chi connectivity index (χ0v) is 18.4. The lowest BCUT2D eigenvalue weighted by molar-refractivity contribution is 0.281. The van der Waals surface area contributed by atoms with Crippen molar-refractivity contribution < 1.29 is 4.74 Å². The van der Waals surface area contributed by atoms with E-state index < -0.39 is 0 Å². The number of rotatable bonds is 8. The van der Waals surface area contributed by atoms with Gasteiger partial charge in [-0.05, 0) is 38.5 Å². The van der Waals surface area contributed by atoms with Crippen LogP contribution in [0.2, 0.25) is 0 Å². The molecule has 0 fully saturated rings. The van der Waals surface area contributed by atoms with E-state index in [1.54, 1.807) is 0 Å². The van der Waals surface area contributed by atoms with Gasteiger partial charge >= 0.3 is 0 Å². The Balaban J connectivity index is 0.00000338. The molecule has 0 aliphatic carbocycles. The zero-order valence-electron chi connectivity index (χ0n) is 16.1. The van der Waals surface area contributed by atoms with Gasteiger partial charge in [-0.1, -0.05) is 17.7 Å². The third kappa shape index (κ3) is 7.63. The summed E-state index contributed by atoms with van der Waals surface area (Å²) in [6.07, 6.45) is 3.89. The molecule has 6 nitrogen and oxygen atoms in total. The minimum atomic E-state index is 0. The van der Waals surface area contributed by atoms with Crippen molar-refractivity contribution in [3.63, 3.8) is 0 Å². The van der Waals surface area contributed by atoms with Crippen molar-refractivity contribution in [2.24, 2.45) is 4.99 Å². The predicted octanol–water partition coefficient (Wildman–Crippen LogP) is 3.09. The van der Waals surface area contributed by atoms with E-state index in [-0.39, 0.29) is 24.0 Å². The summed E-state index contributed by atoms with van der Waals surface area (Å²) in [7, 11) is 2.03. The van der Waals surface area contributed by atoms with Gasteiger partial charge in [-0.2, -0.15) is 5.10 Å². The van der Waals surface area contributed by atoms with Crippen LogP contribution in [0.4, 0.5) is 0 Å². The van der Waals surface area contributed by atoms with Gasteiger partial charge in [0, 0.05) is 19.8 Å². The molecule has 0 aliphatic heterocycles. The first-order valence-electron chi connectivity index (χ1n) is 8.76. The maximum absolute atomic E-state index is 5.80. The lowest BCUT2D eigenvalue weighted by atomic mass is 10.2. The Bertz CT molecular complexity index is 669. The molecule has 0 spiro atoms. The van der Waals surface area contributed by atoms with Gasteiger partial charge in [-0.3, -0.25) is 9.67 Å². The molecule has 0 atom stereocenters. The van der Waals surface area contributed by atoms with E-state index >= 15 is 0 Å². The Morgan fingerprint density at radius 1 is 1.23 bits per heavy atom. The highest BCUT2D eigenvalue weighted by molar-refractivity contribution is 14.0. The van der Waals surface area contributed by atoms with E-state index in [0.717, 1.165) is 31.3 Å². The van der Waals surface area contributed by atoms with Gasteiger partial charge in [-0.25, -0.2) is 0 Å². The zero-order chi connectivity index (χ0) is 18.1. The molecule has 144 valence electrons. The van der Waals surface area contributed by atoms with Crippen LogP contribution in [-0.2, 0) is 6.54 Å².